The quantitative estimate of drug-likeness (QED) is 0.466. The van der Waals surface area contributed by atoms with Crippen LogP contribution in [0, 0.1) is 18.8 Å². The van der Waals surface area contributed by atoms with Crippen molar-refractivity contribution in [2.24, 2.45) is 0 Å². The summed E-state index contributed by atoms with van der Waals surface area (Å²) in [4.78, 5) is 11.7. The summed E-state index contributed by atoms with van der Waals surface area (Å²) >= 11 is 0. The summed E-state index contributed by atoms with van der Waals surface area (Å²) in [5.74, 6) is 7.63. The van der Waals surface area contributed by atoms with E-state index in [9.17, 15) is 4.79 Å². The van der Waals surface area contributed by atoms with Crippen LogP contribution in [-0.4, -0.2) is 5.78 Å². The van der Waals surface area contributed by atoms with Crippen LogP contribution in [0.3, 0.4) is 0 Å². The molecule has 2 heteroatoms. The number of ketones is 1. The molecule has 0 aliphatic carbocycles. The fourth-order valence-electron chi connectivity index (χ4n) is 2.67. The van der Waals surface area contributed by atoms with Crippen LogP contribution in [0.4, 0.5) is 0 Å². The Balaban J connectivity index is 1.97. The molecule has 26 heavy (non-hydrogen) atoms. The second kappa shape index (κ2) is 8.18. The molecule has 3 rings (SSSR count). The average Bonchev–Trinajstić information content (AvgIpc) is 3.05. The van der Waals surface area contributed by atoms with Gasteiger partial charge in [0, 0.05) is 5.56 Å². The number of hydrogen-bond donors (Lipinski definition) is 0. The van der Waals surface area contributed by atoms with Gasteiger partial charge in [-0.2, -0.15) is 0 Å². The Morgan fingerprint density at radius 2 is 1.69 bits per heavy atom. The number of furan rings is 1. The van der Waals surface area contributed by atoms with Gasteiger partial charge in [0.2, 0.25) is 0 Å². The van der Waals surface area contributed by atoms with Crippen LogP contribution in [0.25, 0.3) is 5.57 Å². The van der Waals surface area contributed by atoms with Crippen LogP contribution in [0.2, 0.25) is 0 Å². The minimum absolute atomic E-state index is 0.00377. The van der Waals surface area contributed by atoms with Crippen molar-refractivity contribution in [3.05, 3.63) is 101 Å². The number of rotatable bonds is 4. The molecule has 0 bridgehead atoms. The van der Waals surface area contributed by atoms with Crippen molar-refractivity contribution in [3.8, 4) is 11.8 Å². The van der Waals surface area contributed by atoms with E-state index in [-0.39, 0.29) is 5.78 Å². The molecule has 2 nitrogen and oxygen atoms in total. The first kappa shape index (κ1) is 17.5. The van der Waals surface area contributed by atoms with Crippen molar-refractivity contribution in [2.45, 2.75) is 20.3 Å². The summed E-state index contributed by atoms with van der Waals surface area (Å²) in [5.41, 5.74) is 3.52. The first-order valence-corrected chi connectivity index (χ1v) is 8.56. The van der Waals surface area contributed by atoms with E-state index in [1.807, 2.05) is 54.6 Å². The van der Waals surface area contributed by atoms with Gasteiger partial charge >= 0.3 is 0 Å². The fraction of sp³-hybridized carbons (Fsp3) is 0.125. The zero-order chi connectivity index (χ0) is 18.4. The molecule has 3 aromatic rings. The number of aryl methyl sites for hydroxylation is 1. The van der Waals surface area contributed by atoms with E-state index in [0.29, 0.717) is 17.1 Å². The Labute approximate surface area is 154 Å². The Hall–Kier alpha value is -3.31. The van der Waals surface area contributed by atoms with Gasteiger partial charge in [0.25, 0.3) is 0 Å². The molecule has 0 spiro atoms. The normalized spacial score (nSPS) is 10.9. The molecule has 0 saturated heterocycles. The van der Waals surface area contributed by atoms with Gasteiger partial charge in [-0.15, -0.1) is 0 Å². The maximum absolute atomic E-state index is 11.7. The zero-order valence-corrected chi connectivity index (χ0v) is 15.0. The Bertz CT molecular complexity index is 981. The third kappa shape index (κ3) is 4.40. The lowest BCUT2D eigenvalue weighted by molar-refractivity contribution is 0.101. The van der Waals surface area contributed by atoms with E-state index < -0.39 is 0 Å². The molecule has 0 atom stereocenters. The highest BCUT2D eigenvalue weighted by Gasteiger charge is 2.13. The summed E-state index contributed by atoms with van der Waals surface area (Å²) < 4.78 is 5.82. The molecular weight excluding hydrogens is 320 g/mol. The molecule has 2 aromatic carbocycles. The number of hydrogen-bond acceptors (Lipinski definition) is 2. The molecule has 0 aliphatic rings. The van der Waals surface area contributed by atoms with E-state index in [2.05, 4.69) is 24.0 Å². The molecule has 0 radical (unpaired) electrons. The lowest BCUT2D eigenvalue weighted by atomic mass is 10.1. The second-order valence-electron chi connectivity index (χ2n) is 6.06. The van der Waals surface area contributed by atoms with Gasteiger partial charge in [-0.1, -0.05) is 66.4 Å². The van der Waals surface area contributed by atoms with Gasteiger partial charge in [0.15, 0.2) is 5.78 Å². The number of carbonyl (C=O) groups is 1. The summed E-state index contributed by atoms with van der Waals surface area (Å²) in [6.07, 6.45) is 2.79. The van der Waals surface area contributed by atoms with Crippen molar-refractivity contribution < 1.29 is 9.21 Å². The van der Waals surface area contributed by atoms with Gasteiger partial charge in [0.05, 0.1) is 11.1 Å². The van der Waals surface area contributed by atoms with E-state index >= 15 is 0 Å². The Kier molecular flexibility index (Phi) is 5.51. The predicted molar refractivity (Wildman–Crippen MR) is 105 cm³/mol. The van der Waals surface area contributed by atoms with E-state index in [4.69, 9.17) is 4.42 Å². The molecular formula is C24H20O2. The smallest absolute Gasteiger partial charge is 0.163 e. The maximum Gasteiger partial charge on any atom is 0.163 e. The Morgan fingerprint density at radius 3 is 2.31 bits per heavy atom. The van der Waals surface area contributed by atoms with E-state index in [1.165, 1.54) is 5.56 Å². The Morgan fingerprint density at radius 1 is 1.04 bits per heavy atom. The van der Waals surface area contributed by atoms with Crippen LogP contribution < -0.4 is 0 Å². The number of Topliss-reactive ketones (excluding diaryl/α,β-unsaturated/α-hetero) is 1. The minimum Gasteiger partial charge on any atom is -0.460 e. The van der Waals surface area contributed by atoms with Gasteiger partial charge in [-0.25, -0.2) is 0 Å². The SMILES string of the molecule is CC(=O)c1cc(/C(C#Cc2ccccc2)=C\Cc2ccccc2)oc1C. The molecule has 128 valence electrons. The van der Waals surface area contributed by atoms with Crippen molar-refractivity contribution in [2.75, 3.05) is 0 Å². The van der Waals surface area contributed by atoms with Crippen LogP contribution in [-0.2, 0) is 6.42 Å². The zero-order valence-electron chi connectivity index (χ0n) is 15.0. The lowest BCUT2D eigenvalue weighted by Crippen LogP contribution is -1.90. The summed E-state index contributed by atoms with van der Waals surface area (Å²) in [6.45, 7) is 3.35. The third-order valence-electron chi connectivity index (χ3n) is 4.06. The fourth-order valence-corrected chi connectivity index (χ4v) is 2.67. The lowest BCUT2D eigenvalue weighted by Gasteiger charge is -1.98. The molecule has 0 fully saturated rings. The van der Waals surface area contributed by atoms with E-state index in [0.717, 1.165) is 17.6 Å². The summed E-state index contributed by atoms with van der Waals surface area (Å²) in [6, 6.07) is 21.8. The van der Waals surface area contributed by atoms with Crippen molar-refractivity contribution in [1.82, 2.24) is 0 Å². The van der Waals surface area contributed by atoms with Gasteiger partial charge in [0.1, 0.15) is 11.5 Å². The molecule has 0 N–H and O–H groups in total. The number of carbonyl (C=O) groups excluding carboxylic acids is 1. The first-order chi connectivity index (χ1) is 12.6. The van der Waals surface area contributed by atoms with Crippen molar-refractivity contribution >= 4 is 11.4 Å². The van der Waals surface area contributed by atoms with Crippen LogP contribution in [0.5, 0.6) is 0 Å². The monoisotopic (exact) mass is 340 g/mol. The number of benzene rings is 2. The van der Waals surface area contributed by atoms with Crippen LogP contribution >= 0.6 is 0 Å². The van der Waals surface area contributed by atoms with Crippen molar-refractivity contribution in [3.63, 3.8) is 0 Å². The predicted octanol–water partition coefficient (Wildman–Crippen LogP) is 5.47. The topological polar surface area (TPSA) is 30.2 Å². The molecule has 1 heterocycles. The van der Waals surface area contributed by atoms with Crippen molar-refractivity contribution in [1.29, 1.82) is 0 Å². The van der Waals surface area contributed by atoms with E-state index in [1.54, 1.807) is 19.9 Å². The average molecular weight is 340 g/mol. The number of allylic oxidation sites excluding steroid dienone is 2. The molecule has 0 aliphatic heterocycles. The highest BCUT2D eigenvalue weighted by atomic mass is 16.3. The highest BCUT2D eigenvalue weighted by Crippen LogP contribution is 2.23. The van der Waals surface area contributed by atoms with Gasteiger partial charge in [-0.3, -0.25) is 4.79 Å². The van der Waals surface area contributed by atoms with Crippen LogP contribution in [0.1, 0.15) is 39.9 Å². The maximum atomic E-state index is 11.7. The highest BCUT2D eigenvalue weighted by molar-refractivity contribution is 5.96. The third-order valence-corrected chi connectivity index (χ3v) is 4.06. The summed E-state index contributed by atoms with van der Waals surface area (Å²) in [5, 5.41) is 0. The molecule has 0 unspecified atom stereocenters. The van der Waals surface area contributed by atoms with Gasteiger partial charge in [-0.05, 0) is 44.0 Å². The van der Waals surface area contributed by atoms with Crippen LogP contribution in [0.15, 0.2) is 77.2 Å². The molecule has 0 saturated carbocycles. The van der Waals surface area contributed by atoms with Gasteiger partial charge < -0.3 is 4.42 Å². The summed E-state index contributed by atoms with van der Waals surface area (Å²) in [7, 11) is 0. The first-order valence-electron chi connectivity index (χ1n) is 8.56. The molecule has 0 amide bonds. The largest absolute Gasteiger partial charge is 0.460 e. The second-order valence-corrected chi connectivity index (χ2v) is 6.06. The molecule has 1 aromatic heterocycles. The standard InChI is InChI=1S/C24H20O2/c1-18(25)23-17-24(26-19(23)2)22(15-13-20-9-5-3-6-10-20)16-14-21-11-7-4-8-12-21/h3-12,15,17H,13H2,1-2H3/b22-15-. The minimum atomic E-state index is -0.00377.